The number of benzene rings is 2. The highest BCUT2D eigenvalue weighted by atomic mass is 16.4. The van der Waals surface area contributed by atoms with E-state index in [0.717, 1.165) is 21.9 Å². The van der Waals surface area contributed by atoms with Crippen molar-refractivity contribution in [2.24, 2.45) is 0 Å². The summed E-state index contributed by atoms with van der Waals surface area (Å²) in [6, 6.07) is 14.8. The normalized spacial score (nSPS) is 10.5. The van der Waals surface area contributed by atoms with Crippen molar-refractivity contribution >= 4 is 16.7 Å². The highest BCUT2D eigenvalue weighted by molar-refractivity contribution is 5.97. The fourth-order valence-corrected chi connectivity index (χ4v) is 2.17. The van der Waals surface area contributed by atoms with E-state index in [-0.39, 0.29) is 5.56 Å². The van der Waals surface area contributed by atoms with E-state index >= 15 is 0 Å². The number of aromatic nitrogens is 1. The van der Waals surface area contributed by atoms with Crippen molar-refractivity contribution in [3.8, 4) is 11.1 Å². The molecule has 0 fully saturated rings. The van der Waals surface area contributed by atoms with Crippen molar-refractivity contribution in [3.05, 3.63) is 66.5 Å². The van der Waals surface area contributed by atoms with Crippen LogP contribution < -0.4 is 0 Å². The zero-order chi connectivity index (χ0) is 13.2. The van der Waals surface area contributed by atoms with Crippen molar-refractivity contribution in [1.82, 2.24) is 4.98 Å². The van der Waals surface area contributed by atoms with Gasteiger partial charge in [-0.15, -0.1) is 0 Å². The summed E-state index contributed by atoms with van der Waals surface area (Å²) in [6.45, 7) is 0. The Labute approximate surface area is 110 Å². The van der Waals surface area contributed by atoms with Gasteiger partial charge in [0.2, 0.25) is 0 Å². The van der Waals surface area contributed by atoms with Crippen molar-refractivity contribution in [2.45, 2.75) is 0 Å². The predicted octanol–water partition coefficient (Wildman–Crippen LogP) is 3.60. The van der Waals surface area contributed by atoms with Gasteiger partial charge in [0.25, 0.3) is 0 Å². The topological polar surface area (TPSA) is 50.2 Å². The second-order valence-corrected chi connectivity index (χ2v) is 4.29. The molecule has 0 bridgehead atoms. The molecule has 92 valence electrons. The Morgan fingerprint density at radius 1 is 1.00 bits per heavy atom. The third kappa shape index (κ3) is 2.06. The van der Waals surface area contributed by atoms with E-state index in [9.17, 15) is 4.79 Å². The monoisotopic (exact) mass is 249 g/mol. The molecule has 0 unspecified atom stereocenters. The Morgan fingerprint density at radius 2 is 1.84 bits per heavy atom. The summed E-state index contributed by atoms with van der Waals surface area (Å²) >= 11 is 0. The van der Waals surface area contributed by atoms with Gasteiger partial charge < -0.3 is 5.11 Å². The van der Waals surface area contributed by atoms with Gasteiger partial charge in [-0.3, -0.25) is 4.98 Å². The predicted molar refractivity (Wildman–Crippen MR) is 74.1 cm³/mol. The lowest BCUT2D eigenvalue weighted by atomic mass is 9.99. The number of fused-ring (bicyclic) bond motifs is 1. The molecule has 1 heterocycles. The highest BCUT2D eigenvalue weighted by Crippen LogP contribution is 2.27. The van der Waals surface area contributed by atoms with E-state index in [2.05, 4.69) is 4.98 Å². The number of carbonyl (C=O) groups is 1. The van der Waals surface area contributed by atoms with Gasteiger partial charge in [-0.2, -0.15) is 0 Å². The minimum absolute atomic E-state index is 0.283. The lowest BCUT2D eigenvalue weighted by Gasteiger charge is -2.06. The van der Waals surface area contributed by atoms with E-state index < -0.39 is 5.97 Å². The van der Waals surface area contributed by atoms with E-state index in [1.165, 1.54) is 0 Å². The third-order valence-electron chi connectivity index (χ3n) is 3.09. The van der Waals surface area contributed by atoms with Crippen LogP contribution in [0.5, 0.6) is 0 Å². The fourth-order valence-electron chi connectivity index (χ4n) is 2.17. The molecule has 1 N–H and O–H groups in total. The average molecular weight is 249 g/mol. The van der Waals surface area contributed by atoms with Crippen molar-refractivity contribution in [3.63, 3.8) is 0 Å². The summed E-state index contributed by atoms with van der Waals surface area (Å²) in [6.07, 6.45) is 3.57. The molecular formula is C16H11NO2. The molecule has 0 aliphatic heterocycles. The number of carboxylic acids is 1. The van der Waals surface area contributed by atoms with Crippen LogP contribution in [0.25, 0.3) is 21.9 Å². The summed E-state index contributed by atoms with van der Waals surface area (Å²) in [5.74, 6) is -0.921. The van der Waals surface area contributed by atoms with Crippen LogP contribution in [-0.4, -0.2) is 16.1 Å². The molecule has 0 saturated carbocycles. The van der Waals surface area contributed by atoms with Crippen molar-refractivity contribution in [1.29, 1.82) is 0 Å². The molecule has 19 heavy (non-hydrogen) atoms. The van der Waals surface area contributed by atoms with Crippen molar-refractivity contribution < 1.29 is 9.90 Å². The molecule has 0 radical (unpaired) electrons. The summed E-state index contributed by atoms with van der Waals surface area (Å²) < 4.78 is 0. The number of carboxylic acid groups (broad SMARTS) is 1. The molecule has 3 nitrogen and oxygen atoms in total. The second-order valence-electron chi connectivity index (χ2n) is 4.29. The summed E-state index contributed by atoms with van der Waals surface area (Å²) in [4.78, 5) is 15.2. The van der Waals surface area contributed by atoms with Crippen LogP contribution in [-0.2, 0) is 0 Å². The summed E-state index contributed by atoms with van der Waals surface area (Å²) in [7, 11) is 0. The lowest BCUT2D eigenvalue weighted by Crippen LogP contribution is -1.96. The molecule has 1 aromatic heterocycles. The first-order valence-corrected chi connectivity index (χ1v) is 5.92. The maximum absolute atomic E-state index is 11.0. The number of aromatic carboxylic acids is 1. The Morgan fingerprint density at radius 3 is 2.68 bits per heavy atom. The first-order chi connectivity index (χ1) is 9.25. The van der Waals surface area contributed by atoms with Crippen molar-refractivity contribution in [2.75, 3.05) is 0 Å². The Balaban J connectivity index is 2.24. The van der Waals surface area contributed by atoms with Crippen LogP contribution in [0.4, 0.5) is 0 Å². The van der Waals surface area contributed by atoms with Gasteiger partial charge >= 0.3 is 5.97 Å². The minimum atomic E-state index is -0.921. The van der Waals surface area contributed by atoms with Gasteiger partial charge in [-0.1, -0.05) is 36.4 Å². The number of rotatable bonds is 2. The second kappa shape index (κ2) is 4.53. The Bertz CT molecular complexity index is 760. The molecule has 3 rings (SSSR count). The van der Waals surface area contributed by atoms with E-state index in [1.54, 1.807) is 30.6 Å². The average Bonchev–Trinajstić information content (AvgIpc) is 2.47. The molecule has 0 atom stereocenters. The maximum Gasteiger partial charge on any atom is 0.335 e. The molecule has 3 aromatic rings. The quantitative estimate of drug-likeness (QED) is 0.754. The van der Waals surface area contributed by atoms with Crippen LogP contribution in [0, 0.1) is 0 Å². The van der Waals surface area contributed by atoms with E-state index in [4.69, 9.17) is 5.11 Å². The van der Waals surface area contributed by atoms with Gasteiger partial charge in [0, 0.05) is 23.3 Å². The van der Waals surface area contributed by atoms with Gasteiger partial charge in [0.1, 0.15) is 0 Å². The zero-order valence-corrected chi connectivity index (χ0v) is 10.1. The molecule has 3 heteroatoms. The van der Waals surface area contributed by atoms with Gasteiger partial charge in [0.15, 0.2) is 0 Å². The minimum Gasteiger partial charge on any atom is -0.478 e. The van der Waals surface area contributed by atoms with Crippen LogP contribution in [0.3, 0.4) is 0 Å². The number of hydrogen-bond donors (Lipinski definition) is 1. The van der Waals surface area contributed by atoms with Gasteiger partial charge in [-0.05, 0) is 23.1 Å². The fraction of sp³-hybridized carbons (Fsp3) is 0. The SMILES string of the molecule is O=C(O)c1cccc(-c2cncc3ccccc23)c1. The first-order valence-electron chi connectivity index (χ1n) is 5.92. The number of hydrogen-bond acceptors (Lipinski definition) is 2. The van der Waals surface area contributed by atoms with Crippen LogP contribution in [0.15, 0.2) is 60.9 Å². The van der Waals surface area contributed by atoms with Crippen LogP contribution in [0.1, 0.15) is 10.4 Å². The molecule has 0 aliphatic carbocycles. The molecule has 0 aliphatic rings. The Hall–Kier alpha value is -2.68. The molecule has 0 saturated heterocycles. The van der Waals surface area contributed by atoms with E-state index in [1.807, 2.05) is 30.3 Å². The number of nitrogens with zero attached hydrogens (tertiary/aromatic N) is 1. The summed E-state index contributed by atoms with van der Waals surface area (Å²) in [5, 5.41) is 11.2. The van der Waals surface area contributed by atoms with E-state index in [0.29, 0.717) is 0 Å². The molecule has 0 amide bonds. The third-order valence-corrected chi connectivity index (χ3v) is 3.09. The first kappa shape index (κ1) is 11.4. The van der Waals surface area contributed by atoms with Crippen LogP contribution >= 0.6 is 0 Å². The lowest BCUT2D eigenvalue weighted by molar-refractivity contribution is 0.0697. The van der Waals surface area contributed by atoms with Gasteiger partial charge in [-0.25, -0.2) is 4.79 Å². The smallest absolute Gasteiger partial charge is 0.335 e. The number of pyridine rings is 1. The zero-order valence-electron chi connectivity index (χ0n) is 10.1. The van der Waals surface area contributed by atoms with Gasteiger partial charge in [0.05, 0.1) is 5.56 Å². The largest absolute Gasteiger partial charge is 0.478 e. The summed E-state index contributed by atoms with van der Waals surface area (Å²) in [5.41, 5.74) is 2.09. The Kier molecular flexibility index (Phi) is 2.72. The molecular weight excluding hydrogens is 238 g/mol. The highest BCUT2D eigenvalue weighted by Gasteiger charge is 2.07. The van der Waals surface area contributed by atoms with Crippen LogP contribution in [0.2, 0.25) is 0 Å². The molecule has 0 spiro atoms. The maximum atomic E-state index is 11.0. The standard InChI is InChI=1S/C16H11NO2/c18-16(19)12-6-3-5-11(8-12)15-10-17-9-13-4-1-2-7-14(13)15/h1-10H,(H,18,19). The molecule has 2 aromatic carbocycles.